The molecular weight excluding hydrogens is 300 g/mol. The number of benzene rings is 2. The zero-order chi connectivity index (χ0) is 16.6. The summed E-state index contributed by atoms with van der Waals surface area (Å²) in [6, 6.07) is 19.3. The van der Waals surface area contributed by atoms with Crippen molar-refractivity contribution in [1.82, 2.24) is 0 Å². The first-order valence-corrected chi connectivity index (χ1v) is 8.73. The van der Waals surface area contributed by atoms with Gasteiger partial charge in [0.25, 0.3) is 0 Å². The van der Waals surface area contributed by atoms with E-state index in [9.17, 15) is 9.90 Å². The van der Waals surface area contributed by atoms with Crippen LogP contribution in [0.1, 0.15) is 47.5 Å². The third-order valence-electron chi connectivity index (χ3n) is 5.47. The fourth-order valence-electron chi connectivity index (χ4n) is 4.33. The maximum Gasteiger partial charge on any atom is 0.192 e. The van der Waals surface area contributed by atoms with E-state index < -0.39 is 11.9 Å². The van der Waals surface area contributed by atoms with E-state index in [-0.39, 0.29) is 17.6 Å². The fourth-order valence-corrected chi connectivity index (χ4v) is 4.33. The summed E-state index contributed by atoms with van der Waals surface area (Å²) in [5.74, 6) is -1.32. The van der Waals surface area contributed by atoms with Gasteiger partial charge in [-0.15, -0.1) is 0 Å². The highest BCUT2D eigenvalue weighted by atomic mass is 16.6. The number of fused-ring (bicyclic) bond motifs is 1. The molecule has 24 heavy (non-hydrogen) atoms. The van der Waals surface area contributed by atoms with Crippen molar-refractivity contribution in [2.75, 3.05) is 0 Å². The Morgan fingerprint density at radius 2 is 1.67 bits per heavy atom. The third kappa shape index (κ3) is 2.58. The van der Waals surface area contributed by atoms with Gasteiger partial charge in [-0.1, -0.05) is 67.1 Å². The zero-order valence-corrected chi connectivity index (χ0v) is 13.6. The molecule has 1 aliphatic carbocycles. The van der Waals surface area contributed by atoms with Crippen molar-refractivity contribution < 1.29 is 14.6 Å². The lowest BCUT2D eigenvalue weighted by molar-refractivity contribution is -0.218. The van der Waals surface area contributed by atoms with Crippen molar-refractivity contribution in [3.05, 3.63) is 71.8 Å². The molecule has 4 unspecified atom stereocenters. The van der Waals surface area contributed by atoms with Crippen molar-refractivity contribution in [3.63, 3.8) is 0 Å². The van der Waals surface area contributed by atoms with Crippen LogP contribution in [0.2, 0.25) is 0 Å². The van der Waals surface area contributed by atoms with Crippen LogP contribution in [-0.2, 0) is 4.74 Å². The Bertz CT molecular complexity index is 712. The van der Waals surface area contributed by atoms with Crippen LogP contribution in [0.5, 0.6) is 0 Å². The summed E-state index contributed by atoms with van der Waals surface area (Å²) >= 11 is 0. The molecule has 0 aromatic heterocycles. The zero-order valence-electron chi connectivity index (χ0n) is 13.6. The van der Waals surface area contributed by atoms with Gasteiger partial charge in [0.1, 0.15) is 6.10 Å². The van der Waals surface area contributed by atoms with Gasteiger partial charge in [0, 0.05) is 23.8 Å². The van der Waals surface area contributed by atoms with Crippen molar-refractivity contribution in [3.8, 4) is 0 Å². The van der Waals surface area contributed by atoms with Gasteiger partial charge in [-0.2, -0.15) is 0 Å². The molecule has 1 N–H and O–H groups in total. The molecular formula is C21H22O3. The molecule has 2 aliphatic rings. The van der Waals surface area contributed by atoms with Gasteiger partial charge in [-0.3, -0.25) is 4.79 Å². The lowest BCUT2D eigenvalue weighted by atomic mass is 9.72. The van der Waals surface area contributed by atoms with Gasteiger partial charge >= 0.3 is 0 Å². The summed E-state index contributed by atoms with van der Waals surface area (Å²) in [6.07, 6.45) is 2.91. The molecule has 0 bridgehead atoms. The number of ether oxygens (including phenoxy) is 1. The molecule has 1 saturated carbocycles. The molecule has 2 fully saturated rings. The van der Waals surface area contributed by atoms with Crippen LogP contribution >= 0.6 is 0 Å². The van der Waals surface area contributed by atoms with Gasteiger partial charge < -0.3 is 9.84 Å². The third-order valence-corrected chi connectivity index (χ3v) is 5.47. The van der Waals surface area contributed by atoms with Crippen LogP contribution in [0, 0.1) is 5.92 Å². The van der Waals surface area contributed by atoms with Crippen molar-refractivity contribution >= 4 is 5.78 Å². The molecule has 0 radical (unpaired) electrons. The number of Topliss-reactive ketones (excluding diaryl/α,β-unsaturated/α-hetero) is 1. The monoisotopic (exact) mass is 322 g/mol. The Balaban J connectivity index is 1.75. The minimum atomic E-state index is -1.17. The minimum Gasteiger partial charge on any atom is -0.365 e. The van der Waals surface area contributed by atoms with Crippen LogP contribution in [0.4, 0.5) is 0 Å². The van der Waals surface area contributed by atoms with E-state index in [1.54, 1.807) is 0 Å². The Kier molecular flexibility index (Phi) is 3.99. The highest BCUT2D eigenvalue weighted by molar-refractivity contribution is 6.00. The SMILES string of the molecule is O=C(c1ccccc1)C1OC2(O)CCCCC2C1c1ccccc1. The van der Waals surface area contributed by atoms with Crippen LogP contribution < -0.4 is 0 Å². The number of carbonyl (C=O) groups excluding carboxylic acids is 1. The largest absolute Gasteiger partial charge is 0.365 e. The molecule has 1 saturated heterocycles. The van der Waals surface area contributed by atoms with Crippen LogP contribution in [0.15, 0.2) is 60.7 Å². The van der Waals surface area contributed by atoms with E-state index >= 15 is 0 Å². The molecule has 4 atom stereocenters. The number of ketones is 1. The first-order valence-electron chi connectivity index (χ1n) is 8.73. The molecule has 2 aromatic carbocycles. The Morgan fingerprint density at radius 3 is 2.38 bits per heavy atom. The first kappa shape index (κ1) is 15.6. The van der Waals surface area contributed by atoms with Gasteiger partial charge in [-0.25, -0.2) is 0 Å². The number of rotatable bonds is 3. The van der Waals surface area contributed by atoms with Crippen LogP contribution in [-0.4, -0.2) is 22.8 Å². The minimum absolute atomic E-state index is 0.0219. The summed E-state index contributed by atoms with van der Waals surface area (Å²) in [6.45, 7) is 0. The molecule has 0 amide bonds. The van der Waals surface area contributed by atoms with E-state index in [1.165, 1.54) is 0 Å². The van der Waals surface area contributed by atoms with Gasteiger partial charge in [-0.05, 0) is 18.4 Å². The number of aliphatic hydroxyl groups is 1. The Hall–Kier alpha value is -1.97. The maximum absolute atomic E-state index is 13.1. The summed E-state index contributed by atoms with van der Waals surface area (Å²) in [4.78, 5) is 13.1. The van der Waals surface area contributed by atoms with Crippen LogP contribution in [0.25, 0.3) is 0 Å². The molecule has 1 heterocycles. The molecule has 2 aromatic rings. The van der Waals surface area contributed by atoms with E-state index in [0.29, 0.717) is 12.0 Å². The van der Waals surface area contributed by atoms with E-state index in [2.05, 4.69) is 0 Å². The number of carbonyl (C=O) groups is 1. The average molecular weight is 322 g/mol. The quantitative estimate of drug-likeness (QED) is 0.871. The van der Waals surface area contributed by atoms with Gasteiger partial charge in [0.05, 0.1) is 0 Å². The highest BCUT2D eigenvalue weighted by Gasteiger charge is 2.57. The second kappa shape index (κ2) is 6.15. The second-order valence-corrected chi connectivity index (χ2v) is 6.90. The standard InChI is InChI=1S/C21H22O3/c22-19(16-11-5-2-6-12-16)20-18(15-9-3-1-4-10-15)17-13-7-8-14-21(17,23)24-20/h1-6,9-12,17-18,20,23H,7-8,13-14H2. The van der Waals surface area contributed by atoms with Gasteiger partial charge in [0.15, 0.2) is 11.6 Å². The highest BCUT2D eigenvalue weighted by Crippen LogP contribution is 2.52. The van der Waals surface area contributed by atoms with E-state index in [4.69, 9.17) is 4.74 Å². The summed E-state index contributed by atoms with van der Waals surface area (Å²) in [5.41, 5.74) is 1.72. The van der Waals surface area contributed by atoms with Crippen molar-refractivity contribution in [2.45, 2.75) is 43.5 Å². The van der Waals surface area contributed by atoms with Gasteiger partial charge in [0.2, 0.25) is 0 Å². The topological polar surface area (TPSA) is 46.5 Å². The van der Waals surface area contributed by atoms with E-state index in [0.717, 1.165) is 24.8 Å². The summed E-state index contributed by atoms with van der Waals surface area (Å²) in [5, 5.41) is 11.0. The summed E-state index contributed by atoms with van der Waals surface area (Å²) < 4.78 is 6.04. The predicted molar refractivity (Wildman–Crippen MR) is 91.7 cm³/mol. The average Bonchev–Trinajstić information content (AvgIpc) is 2.95. The normalized spacial score (nSPS) is 32.3. The van der Waals surface area contributed by atoms with Crippen molar-refractivity contribution in [2.24, 2.45) is 5.92 Å². The molecule has 1 aliphatic heterocycles. The molecule has 0 spiro atoms. The molecule has 4 rings (SSSR count). The lowest BCUT2D eigenvalue weighted by Gasteiger charge is -2.34. The van der Waals surface area contributed by atoms with Crippen LogP contribution in [0.3, 0.4) is 0 Å². The molecule has 3 heteroatoms. The first-order chi connectivity index (χ1) is 11.7. The van der Waals surface area contributed by atoms with E-state index in [1.807, 2.05) is 60.7 Å². The summed E-state index contributed by atoms with van der Waals surface area (Å²) in [7, 11) is 0. The lowest BCUT2D eigenvalue weighted by Crippen LogP contribution is -2.39. The molecule has 3 nitrogen and oxygen atoms in total. The Morgan fingerprint density at radius 1 is 1.00 bits per heavy atom. The number of hydrogen-bond donors (Lipinski definition) is 1. The maximum atomic E-state index is 13.1. The number of hydrogen-bond acceptors (Lipinski definition) is 3. The molecule has 124 valence electrons. The fraction of sp³-hybridized carbons (Fsp3) is 0.381. The Labute approximate surface area is 142 Å². The smallest absolute Gasteiger partial charge is 0.192 e. The predicted octanol–water partition coefficient (Wildman–Crippen LogP) is 3.93. The van der Waals surface area contributed by atoms with Crippen molar-refractivity contribution in [1.29, 1.82) is 0 Å². The second-order valence-electron chi connectivity index (χ2n) is 6.90.